The van der Waals surface area contributed by atoms with Crippen molar-refractivity contribution < 1.29 is 4.57 Å². The quantitative estimate of drug-likeness (QED) is 0.237. The summed E-state index contributed by atoms with van der Waals surface area (Å²) in [6.45, 7) is 11.6. The van der Waals surface area contributed by atoms with Gasteiger partial charge >= 0.3 is 0 Å². The summed E-state index contributed by atoms with van der Waals surface area (Å²) in [5.74, 6) is 3.44. The number of allylic oxidation sites excluding steroid dienone is 1. The molecule has 4 unspecified atom stereocenters. The van der Waals surface area contributed by atoms with Gasteiger partial charge in [0.25, 0.3) is 0 Å². The summed E-state index contributed by atoms with van der Waals surface area (Å²) in [6, 6.07) is 14.6. The van der Waals surface area contributed by atoms with E-state index in [4.69, 9.17) is 0 Å². The van der Waals surface area contributed by atoms with Gasteiger partial charge < -0.3 is 0 Å². The van der Waals surface area contributed by atoms with Crippen molar-refractivity contribution in [3.8, 4) is 11.3 Å². The molecule has 0 radical (unpaired) electrons. The second kappa shape index (κ2) is 7.54. The van der Waals surface area contributed by atoms with Crippen LogP contribution in [0.4, 0.5) is 0 Å². The van der Waals surface area contributed by atoms with E-state index in [9.17, 15) is 0 Å². The lowest BCUT2D eigenvalue weighted by atomic mass is 9.59. The molecule has 1 nitrogen and oxygen atoms in total. The predicted molar refractivity (Wildman–Crippen MR) is 149 cm³/mol. The highest BCUT2D eigenvalue weighted by Gasteiger charge is 2.58. The number of nitrogens with zero attached hydrogens (tertiary/aromatic N) is 1. The molecular weight excluding hydrogens is 490 g/mol. The van der Waals surface area contributed by atoms with E-state index in [0.717, 1.165) is 41.0 Å². The Bertz CT molecular complexity index is 1370. The van der Waals surface area contributed by atoms with Crippen LogP contribution in [-0.4, -0.2) is 0 Å². The molecule has 2 heterocycles. The van der Waals surface area contributed by atoms with Crippen LogP contribution in [-0.2, 0) is 11.0 Å². The fourth-order valence-electron chi connectivity index (χ4n) is 9.24. The van der Waals surface area contributed by atoms with Gasteiger partial charge in [-0.05, 0) is 115 Å². The fraction of sp³-hybridized carbons (Fsp3) is 0.485. The number of pyridine rings is 1. The third kappa shape index (κ3) is 2.78. The van der Waals surface area contributed by atoms with E-state index in [1.54, 1.807) is 11.1 Å². The minimum Gasteiger partial charge on any atom is -0.188 e. The third-order valence-electron chi connectivity index (χ3n) is 11.0. The SMILES string of the molecule is C=CC1(CC)[n+]2ccc3cc4c(cc3c2-c2cc(Br)ccc2C1(C)CC)C1CC2CC(CC4C2)C1. The first kappa shape index (κ1) is 22.3. The maximum absolute atomic E-state index is 4.45. The zero-order valence-electron chi connectivity index (χ0n) is 21.4. The number of rotatable bonds is 3. The normalized spacial score (nSPS) is 34.3. The van der Waals surface area contributed by atoms with Crippen LogP contribution < -0.4 is 4.57 Å². The van der Waals surface area contributed by atoms with E-state index >= 15 is 0 Å². The van der Waals surface area contributed by atoms with E-state index in [-0.39, 0.29) is 11.0 Å². The number of aromatic nitrogens is 1. The molecule has 0 spiro atoms. The molecule has 1 aromatic heterocycles. The molecular formula is C33H37BrN+. The van der Waals surface area contributed by atoms with Crippen LogP contribution in [0, 0.1) is 11.8 Å². The number of hydrogen-bond donors (Lipinski definition) is 0. The Morgan fingerprint density at radius 1 is 0.943 bits per heavy atom. The maximum atomic E-state index is 4.45. The van der Waals surface area contributed by atoms with Crippen molar-refractivity contribution in [2.45, 2.75) is 88.5 Å². The smallest absolute Gasteiger partial charge is 0.188 e. The Balaban J connectivity index is 1.58. The number of hydrogen-bond acceptors (Lipinski definition) is 0. The van der Waals surface area contributed by atoms with Crippen LogP contribution in [0.15, 0.2) is 59.7 Å². The summed E-state index contributed by atoms with van der Waals surface area (Å²) < 4.78 is 3.76. The second-order valence-corrected chi connectivity index (χ2v) is 13.2. The molecule has 2 saturated carbocycles. The first-order valence-corrected chi connectivity index (χ1v) is 14.7. The first-order chi connectivity index (χ1) is 16.9. The van der Waals surface area contributed by atoms with Gasteiger partial charge in [-0.15, -0.1) is 0 Å². The zero-order valence-corrected chi connectivity index (χ0v) is 23.0. The van der Waals surface area contributed by atoms with Gasteiger partial charge in [0, 0.05) is 17.0 Å². The first-order valence-electron chi connectivity index (χ1n) is 13.9. The van der Waals surface area contributed by atoms with Gasteiger partial charge in [-0.1, -0.05) is 48.5 Å². The lowest BCUT2D eigenvalue weighted by molar-refractivity contribution is -0.755. The van der Waals surface area contributed by atoms with Crippen LogP contribution in [0.5, 0.6) is 0 Å². The number of benzene rings is 2. The van der Waals surface area contributed by atoms with Crippen molar-refractivity contribution in [2.24, 2.45) is 11.8 Å². The van der Waals surface area contributed by atoms with E-state index in [0.29, 0.717) is 0 Å². The van der Waals surface area contributed by atoms with Gasteiger partial charge in [-0.25, -0.2) is 0 Å². The second-order valence-electron chi connectivity index (χ2n) is 12.3. The molecule has 4 aliphatic carbocycles. The summed E-state index contributed by atoms with van der Waals surface area (Å²) >= 11 is 3.82. The van der Waals surface area contributed by atoms with Gasteiger partial charge in [0.1, 0.15) is 0 Å². The Morgan fingerprint density at radius 2 is 1.63 bits per heavy atom. The highest BCUT2D eigenvalue weighted by molar-refractivity contribution is 9.10. The van der Waals surface area contributed by atoms with E-state index in [1.165, 1.54) is 59.7 Å². The monoisotopic (exact) mass is 526 g/mol. The van der Waals surface area contributed by atoms with Crippen molar-refractivity contribution in [3.05, 3.63) is 76.4 Å². The van der Waals surface area contributed by atoms with Gasteiger partial charge in [0.2, 0.25) is 5.69 Å². The largest absolute Gasteiger partial charge is 0.221 e. The summed E-state index contributed by atoms with van der Waals surface area (Å²) in [6.07, 6.45) is 13.9. The Morgan fingerprint density at radius 3 is 2.26 bits per heavy atom. The molecule has 4 bridgehead atoms. The lowest BCUT2D eigenvalue weighted by Gasteiger charge is -2.46. The summed E-state index contributed by atoms with van der Waals surface area (Å²) in [4.78, 5) is 0. The molecule has 180 valence electrons. The third-order valence-corrected chi connectivity index (χ3v) is 11.5. The van der Waals surface area contributed by atoms with Crippen molar-refractivity contribution in [1.29, 1.82) is 0 Å². The van der Waals surface area contributed by atoms with Crippen molar-refractivity contribution in [1.82, 2.24) is 0 Å². The highest BCUT2D eigenvalue weighted by Crippen LogP contribution is 2.57. The molecule has 0 saturated heterocycles. The Labute approximate surface area is 218 Å². The average Bonchev–Trinajstić information content (AvgIpc) is 3.03. The minimum absolute atomic E-state index is 0.0195. The molecule has 35 heavy (non-hydrogen) atoms. The molecule has 3 aromatic rings. The van der Waals surface area contributed by atoms with Crippen LogP contribution in [0.25, 0.3) is 22.0 Å². The molecule has 1 aliphatic heterocycles. The van der Waals surface area contributed by atoms with E-state index < -0.39 is 0 Å². The Hall–Kier alpha value is -1.93. The van der Waals surface area contributed by atoms with Crippen molar-refractivity contribution in [3.63, 3.8) is 0 Å². The highest BCUT2D eigenvalue weighted by atomic mass is 79.9. The van der Waals surface area contributed by atoms with Gasteiger partial charge in [-0.2, -0.15) is 4.57 Å². The molecule has 4 atom stereocenters. The molecule has 8 rings (SSSR count). The summed E-state index contributed by atoms with van der Waals surface area (Å²) in [5, 5.41) is 2.85. The molecule has 2 fully saturated rings. The lowest BCUT2D eigenvalue weighted by Crippen LogP contribution is -2.68. The number of fused-ring (bicyclic) bond motifs is 5. The van der Waals surface area contributed by atoms with Gasteiger partial charge in [0.15, 0.2) is 11.7 Å². The van der Waals surface area contributed by atoms with Gasteiger partial charge in [-0.3, -0.25) is 0 Å². The molecule has 0 N–H and O–H groups in total. The maximum Gasteiger partial charge on any atom is 0.221 e. The fourth-order valence-corrected chi connectivity index (χ4v) is 9.60. The van der Waals surface area contributed by atoms with Gasteiger partial charge in [0.05, 0.1) is 16.4 Å². The molecule has 2 aromatic carbocycles. The summed E-state index contributed by atoms with van der Waals surface area (Å²) in [7, 11) is 0. The number of halogens is 1. The molecule has 5 aliphatic rings. The van der Waals surface area contributed by atoms with Crippen LogP contribution in [0.3, 0.4) is 0 Å². The van der Waals surface area contributed by atoms with Crippen molar-refractivity contribution >= 4 is 26.7 Å². The van der Waals surface area contributed by atoms with Crippen LogP contribution in [0.2, 0.25) is 0 Å². The predicted octanol–water partition coefficient (Wildman–Crippen LogP) is 8.92. The van der Waals surface area contributed by atoms with Crippen LogP contribution in [0.1, 0.15) is 94.2 Å². The Kier molecular flexibility index (Phi) is 4.80. The zero-order chi connectivity index (χ0) is 24.1. The molecule has 2 heteroatoms. The van der Waals surface area contributed by atoms with E-state index in [2.05, 4.69) is 96.5 Å². The topological polar surface area (TPSA) is 3.88 Å². The summed E-state index contributed by atoms with van der Waals surface area (Å²) in [5.41, 5.74) is 7.43. The average molecular weight is 528 g/mol. The minimum atomic E-state index is -0.156. The molecule has 0 amide bonds. The van der Waals surface area contributed by atoms with E-state index in [1.807, 2.05) is 0 Å². The standard InChI is InChI=1S/C33H37BrN/c1-5-32(4)30-9-8-25(34)18-29(30)31-28-19-27-24-15-20-12-21(16-24)14-23(13-20)26(27)17-22(28)10-11-35(31)33(32,6-2)7-3/h6,8-11,17-21,23-24H,2,5,7,12-16H2,1,3-4H3/q+1. The van der Waals surface area contributed by atoms with Crippen molar-refractivity contribution in [2.75, 3.05) is 0 Å². The van der Waals surface area contributed by atoms with Crippen LogP contribution >= 0.6 is 15.9 Å².